The van der Waals surface area contributed by atoms with Gasteiger partial charge in [0.15, 0.2) is 30.2 Å². The van der Waals surface area contributed by atoms with E-state index in [0.717, 1.165) is 0 Å². The first kappa shape index (κ1) is 42.9. The van der Waals surface area contributed by atoms with Gasteiger partial charge in [0.25, 0.3) is 5.91 Å². The molecule has 0 spiro atoms. The van der Waals surface area contributed by atoms with Crippen molar-refractivity contribution in [1.29, 1.82) is 0 Å². The molecule has 1 amide bonds. The predicted molar refractivity (Wildman–Crippen MR) is 232 cm³/mol. The van der Waals surface area contributed by atoms with Crippen molar-refractivity contribution in [3.8, 4) is 23.0 Å². The summed E-state index contributed by atoms with van der Waals surface area (Å²) >= 11 is 0. The molecule has 16 heteroatoms. The number of fused-ring (bicyclic) bond motifs is 1. The highest BCUT2D eigenvalue weighted by molar-refractivity contribution is 6.06. The monoisotopic (exact) mass is 865 g/mol. The van der Waals surface area contributed by atoms with Gasteiger partial charge >= 0.3 is 11.9 Å². The van der Waals surface area contributed by atoms with E-state index in [9.17, 15) is 19.5 Å². The Kier molecular flexibility index (Phi) is 12.8. The Morgan fingerprint density at radius 3 is 1.86 bits per heavy atom. The number of anilines is 1. The lowest BCUT2D eigenvalue weighted by atomic mass is 9.64. The van der Waals surface area contributed by atoms with Crippen LogP contribution in [-0.4, -0.2) is 93.3 Å². The molecule has 1 saturated heterocycles. The van der Waals surface area contributed by atoms with Crippen LogP contribution in [0.3, 0.4) is 0 Å². The number of carboxylic acid groups (broad SMARTS) is 1. The van der Waals surface area contributed by atoms with Crippen molar-refractivity contribution in [2.24, 2.45) is 0 Å². The minimum absolute atomic E-state index is 0.0420. The number of esters is 1. The summed E-state index contributed by atoms with van der Waals surface area (Å²) in [6, 6.07) is 39.0. The zero-order valence-corrected chi connectivity index (χ0v) is 34.6. The number of aliphatic carboxylic acids is 1. The molecule has 0 bridgehead atoms. The summed E-state index contributed by atoms with van der Waals surface area (Å²) < 4.78 is 36.7. The van der Waals surface area contributed by atoms with Crippen LogP contribution in [0.4, 0.5) is 5.82 Å². The third-order valence-electron chi connectivity index (χ3n) is 11.0. The molecule has 8 rings (SSSR count). The Bertz CT molecular complexity index is 2650. The summed E-state index contributed by atoms with van der Waals surface area (Å²) in [5, 5.41) is 25.0. The molecule has 3 heterocycles. The van der Waals surface area contributed by atoms with Crippen LogP contribution >= 0.6 is 0 Å². The highest BCUT2D eigenvalue weighted by Crippen LogP contribution is 2.48. The highest BCUT2D eigenvalue weighted by Gasteiger charge is 2.54. The smallest absolute Gasteiger partial charge is 0.344 e. The van der Waals surface area contributed by atoms with E-state index in [1.54, 1.807) is 43.1 Å². The van der Waals surface area contributed by atoms with Crippen LogP contribution in [0, 0.1) is 0 Å². The number of aliphatic hydroxyl groups excluding tert-OH is 1. The van der Waals surface area contributed by atoms with Crippen LogP contribution < -0.4 is 24.3 Å². The van der Waals surface area contributed by atoms with Crippen LogP contribution in [-0.2, 0) is 24.5 Å². The topological polar surface area (TPSA) is 203 Å². The molecular weight excluding hydrogens is 823 g/mol. The number of methoxy groups -OCH3 is 2. The van der Waals surface area contributed by atoms with E-state index in [0.29, 0.717) is 50.9 Å². The summed E-state index contributed by atoms with van der Waals surface area (Å²) in [5.41, 5.74) is 1.78. The van der Waals surface area contributed by atoms with E-state index in [2.05, 4.69) is 20.3 Å². The Morgan fingerprint density at radius 2 is 1.28 bits per heavy atom. The predicted octanol–water partition coefficient (Wildman–Crippen LogP) is 6.23. The number of ether oxygens (including phenoxy) is 6. The molecule has 0 radical (unpaired) electrons. The van der Waals surface area contributed by atoms with Crippen molar-refractivity contribution in [3.63, 3.8) is 0 Å². The Balaban J connectivity index is 1.17. The molecule has 7 aromatic rings. The summed E-state index contributed by atoms with van der Waals surface area (Å²) in [6.07, 6.45) is -1.76. The van der Waals surface area contributed by atoms with E-state index in [1.165, 1.54) is 36.9 Å². The average molecular weight is 866 g/mol. The van der Waals surface area contributed by atoms with Crippen LogP contribution in [0.5, 0.6) is 23.0 Å². The molecule has 0 saturated carbocycles. The quantitative estimate of drug-likeness (QED) is 0.0686. The van der Waals surface area contributed by atoms with Gasteiger partial charge < -0.3 is 44.0 Å². The lowest BCUT2D eigenvalue weighted by Gasteiger charge is -2.43. The van der Waals surface area contributed by atoms with Gasteiger partial charge in [-0.3, -0.25) is 9.36 Å². The third-order valence-corrected chi connectivity index (χ3v) is 11.0. The minimum atomic E-state index is -1.44. The molecule has 4 atom stereocenters. The van der Waals surface area contributed by atoms with Gasteiger partial charge in [-0.15, -0.1) is 0 Å². The van der Waals surface area contributed by atoms with E-state index >= 15 is 0 Å². The van der Waals surface area contributed by atoms with Crippen LogP contribution in [0.25, 0.3) is 11.2 Å². The largest absolute Gasteiger partial charge is 0.497 e. The number of amides is 1. The fourth-order valence-corrected chi connectivity index (χ4v) is 7.94. The zero-order chi connectivity index (χ0) is 44.6. The van der Waals surface area contributed by atoms with Gasteiger partial charge in [0.05, 0.1) is 26.0 Å². The first-order valence-electron chi connectivity index (χ1n) is 20.2. The highest BCUT2D eigenvalue weighted by atomic mass is 16.6. The number of aromatic nitrogens is 4. The second-order valence-electron chi connectivity index (χ2n) is 14.7. The lowest BCUT2D eigenvalue weighted by Crippen LogP contribution is -2.52. The molecule has 3 N–H and O–H groups in total. The number of nitrogens with zero attached hydrogens (tertiary/aromatic N) is 4. The van der Waals surface area contributed by atoms with Gasteiger partial charge in [0.1, 0.15) is 53.9 Å². The fraction of sp³-hybridized carbons (Fsp3) is 0.208. The third kappa shape index (κ3) is 8.90. The minimum Gasteiger partial charge on any atom is -0.497 e. The summed E-state index contributed by atoms with van der Waals surface area (Å²) in [5.74, 6) is -0.257. The van der Waals surface area contributed by atoms with Gasteiger partial charge in [0, 0.05) is 12.0 Å². The lowest BCUT2D eigenvalue weighted by molar-refractivity contribution is -0.160. The SMILES string of the molecule is COc1ccc(C(c2ccccc2)(c2ccc(OC)cc2)C(O)[C@H]2O[C@@H](n3cnc4c(NC(=O)c5ccccc5)ncnc43)C[C@@H]2OC(=O)COc2ccc(OCC(=O)O)cc2)cc1. The summed E-state index contributed by atoms with van der Waals surface area (Å²) in [6.45, 7) is -1.02. The molecule has 1 aliphatic heterocycles. The zero-order valence-electron chi connectivity index (χ0n) is 34.6. The molecule has 1 fully saturated rings. The van der Waals surface area contributed by atoms with Crippen LogP contribution in [0.1, 0.15) is 39.7 Å². The molecule has 2 aromatic heterocycles. The number of aliphatic hydroxyl groups is 1. The maximum atomic E-state index is 13.8. The molecule has 16 nitrogen and oxygen atoms in total. The second kappa shape index (κ2) is 19.1. The fourth-order valence-electron chi connectivity index (χ4n) is 7.94. The summed E-state index contributed by atoms with van der Waals surface area (Å²) in [4.78, 5) is 51.2. The van der Waals surface area contributed by atoms with Crippen molar-refractivity contribution in [1.82, 2.24) is 19.5 Å². The van der Waals surface area contributed by atoms with Crippen molar-refractivity contribution in [3.05, 3.63) is 168 Å². The first-order chi connectivity index (χ1) is 31.2. The molecule has 64 heavy (non-hydrogen) atoms. The molecule has 5 aromatic carbocycles. The van der Waals surface area contributed by atoms with E-state index in [-0.39, 0.29) is 23.7 Å². The van der Waals surface area contributed by atoms with Crippen molar-refractivity contribution < 1.29 is 53.0 Å². The Morgan fingerprint density at radius 1 is 0.734 bits per heavy atom. The van der Waals surface area contributed by atoms with Crippen molar-refractivity contribution in [2.45, 2.75) is 36.4 Å². The summed E-state index contributed by atoms with van der Waals surface area (Å²) in [7, 11) is 3.15. The molecule has 1 aliphatic rings. The maximum absolute atomic E-state index is 13.8. The second-order valence-corrected chi connectivity index (χ2v) is 14.7. The van der Waals surface area contributed by atoms with Gasteiger partial charge in [-0.2, -0.15) is 0 Å². The van der Waals surface area contributed by atoms with Gasteiger partial charge in [0.2, 0.25) is 0 Å². The standard InChI is InChI=1S/C48H43N5O11/c1-59-34-17-13-32(14-18-34)48(31-11-7-4-8-12-31,33-15-19-35(60-2)20-16-33)44(57)43-38(63-41(56)27-62-37-23-21-36(22-24-37)61-26-40(54)55)25-39(64-43)53-29-51-42-45(49-28-50-46(42)53)52-47(58)30-9-5-3-6-10-30/h3-24,28-29,38-39,43-44,57H,25-27H2,1-2H3,(H,54,55)(H,49,50,52,58)/t38-,39+,43-,44?/m0/s1. The molecule has 1 unspecified atom stereocenters. The maximum Gasteiger partial charge on any atom is 0.344 e. The van der Waals surface area contributed by atoms with Crippen LogP contribution in [0.15, 0.2) is 146 Å². The van der Waals surface area contributed by atoms with Crippen molar-refractivity contribution in [2.75, 3.05) is 32.8 Å². The van der Waals surface area contributed by atoms with E-state index in [1.807, 2.05) is 84.9 Å². The number of hydrogen-bond acceptors (Lipinski definition) is 13. The van der Waals surface area contributed by atoms with E-state index in [4.69, 9.17) is 33.5 Å². The molecule has 326 valence electrons. The Hall–Kier alpha value is -7.82. The molecule has 0 aliphatic carbocycles. The number of carbonyl (C=O) groups excluding carboxylic acids is 2. The normalized spacial score (nSPS) is 16.4. The number of carboxylic acids is 1. The average Bonchev–Trinajstić information content (AvgIpc) is 3.96. The van der Waals surface area contributed by atoms with Crippen LogP contribution in [0.2, 0.25) is 0 Å². The van der Waals surface area contributed by atoms with Crippen molar-refractivity contribution >= 4 is 34.8 Å². The molecular formula is C48H43N5O11. The Labute approximate surface area is 367 Å². The number of benzene rings is 5. The first-order valence-corrected chi connectivity index (χ1v) is 20.2. The number of imidazole rings is 1. The van der Waals surface area contributed by atoms with Gasteiger partial charge in [-0.1, -0.05) is 72.8 Å². The van der Waals surface area contributed by atoms with Gasteiger partial charge in [-0.25, -0.2) is 24.5 Å². The number of carbonyl (C=O) groups is 3. The number of nitrogens with one attached hydrogen (secondary N) is 1. The van der Waals surface area contributed by atoms with E-state index < -0.39 is 55.1 Å². The van der Waals surface area contributed by atoms with Gasteiger partial charge in [-0.05, 0) is 77.4 Å². The number of hydrogen-bond donors (Lipinski definition) is 3. The number of rotatable bonds is 17.